The first-order chi connectivity index (χ1) is 14.2. The third-order valence-electron chi connectivity index (χ3n) is 4.12. The van der Waals surface area contributed by atoms with Crippen molar-refractivity contribution < 1.29 is 13.9 Å². The lowest BCUT2D eigenvalue weighted by molar-refractivity contribution is -0.113. The maximum Gasteiger partial charge on any atom is 0.234 e. The van der Waals surface area contributed by atoms with E-state index in [-0.39, 0.29) is 17.5 Å². The number of thioether (sulfide) groups is 1. The molecule has 146 valence electrons. The van der Waals surface area contributed by atoms with Gasteiger partial charge in [0, 0.05) is 0 Å². The Morgan fingerprint density at radius 2 is 1.97 bits per heavy atom. The molecule has 2 aromatic heterocycles. The molecule has 0 fully saturated rings. The molecule has 2 aromatic carbocycles. The summed E-state index contributed by atoms with van der Waals surface area (Å²) < 4.78 is 20.0. The van der Waals surface area contributed by atoms with Crippen LogP contribution in [0.15, 0.2) is 66.1 Å². The summed E-state index contributed by atoms with van der Waals surface area (Å²) in [4.78, 5) is 20.9. The first kappa shape index (κ1) is 18.9. The summed E-state index contributed by atoms with van der Waals surface area (Å²) in [6.45, 7) is 0. The highest BCUT2D eigenvalue weighted by atomic mass is 32.2. The number of methoxy groups -OCH3 is 1. The number of hydrogen-bond donors (Lipinski definition) is 1. The molecule has 9 heteroatoms. The van der Waals surface area contributed by atoms with E-state index in [1.54, 1.807) is 42.3 Å². The van der Waals surface area contributed by atoms with E-state index in [0.29, 0.717) is 33.2 Å². The van der Waals surface area contributed by atoms with Crippen molar-refractivity contribution in [1.29, 1.82) is 0 Å². The number of carbonyl (C=O) groups is 1. The second-order valence-corrected chi connectivity index (χ2v) is 6.95. The fourth-order valence-electron chi connectivity index (χ4n) is 2.78. The molecule has 7 nitrogen and oxygen atoms in total. The summed E-state index contributed by atoms with van der Waals surface area (Å²) in [6.07, 6.45) is 3.06. The Morgan fingerprint density at radius 3 is 2.76 bits per heavy atom. The molecule has 2 heterocycles. The van der Waals surface area contributed by atoms with Crippen LogP contribution in [-0.2, 0) is 4.79 Å². The van der Waals surface area contributed by atoms with Crippen molar-refractivity contribution in [2.24, 2.45) is 0 Å². The van der Waals surface area contributed by atoms with Crippen molar-refractivity contribution in [2.45, 2.75) is 5.03 Å². The summed E-state index contributed by atoms with van der Waals surface area (Å²) in [5.74, 6) is 0.247. The fraction of sp³-hybridized carbons (Fsp3) is 0.100. The van der Waals surface area contributed by atoms with Gasteiger partial charge < -0.3 is 10.1 Å². The molecule has 0 bridgehead atoms. The van der Waals surface area contributed by atoms with Crippen molar-refractivity contribution in [3.8, 4) is 11.4 Å². The van der Waals surface area contributed by atoms with Crippen LogP contribution in [0, 0.1) is 5.82 Å². The number of nitrogens with one attached hydrogen (secondary N) is 1. The molecule has 0 atom stereocenters. The minimum atomic E-state index is -0.322. The lowest BCUT2D eigenvalue weighted by Gasteiger charge is -2.09. The van der Waals surface area contributed by atoms with Gasteiger partial charge in [0.25, 0.3) is 0 Å². The van der Waals surface area contributed by atoms with Crippen molar-refractivity contribution in [2.75, 3.05) is 18.2 Å². The van der Waals surface area contributed by atoms with Crippen LogP contribution in [0.25, 0.3) is 16.7 Å². The summed E-state index contributed by atoms with van der Waals surface area (Å²) >= 11 is 1.28. The molecular formula is C20H16FN5O2S. The topological polar surface area (TPSA) is 81.9 Å². The number of nitrogens with zero attached hydrogens (tertiary/aromatic N) is 4. The maximum atomic E-state index is 13.2. The number of rotatable bonds is 6. The van der Waals surface area contributed by atoms with E-state index in [4.69, 9.17) is 4.74 Å². The van der Waals surface area contributed by atoms with Crippen LogP contribution < -0.4 is 10.1 Å². The smallest absolute Gasteiger partial charge is 0.234 e. The van der Waals surface area contributed by atoms with E-state index < -0.39 is 0 Å². The number of fused-ring (bicyclic) bond motifs is 1. The van der Waals surface area contributed by atoms with E-state index in [1.165, 1.54) is 30.2 Å². The van der Waals surface area contributed by atoms with Crippen LogP contribution >= 0.6 is 11.8 Å². The molecule has 0 unspecified atom stereocenters. The molecule has 1 amide bonds. The average Bonchev–Trinajstić information content (AvgIpc) is 3.18. The number of hydrogen-bond acceptors (Lipinski definition) is 6. The maximum absolute atomic E-state index is 13.2. The lowest BCUT2D eigenvalue weighted by atomic mass is 10.3. The van der Waals surface area contributed by atoms with Gasteiger partial charge in [0.05, 0.1) is 35.8 Å². The zero-order chi connectivity index (χ0) is 20.2. The van der Waals surface area contributed by atoms with Gasteiger partial charge in [-0.25, -0.2) is 19.0 Å². The van der Waals surface area contributed by atoms with Crippen molar-refractivity contribution in [3.63, 3.8) is 0 Å². The lowest BCUT2D eigenvalue weighted by Crippen LogP contribution is -2.14. The highest BCUT2D eigenvalue weighted by Crippen LogP contribution is 2.27. The summed E-state index contributed by atoms with van der Waals surface area (Å²) in [5, 5.41) is 8.52. The molecule has 4 aromatic rings. The molecule has 0 saturated carbocycles. The van der Waals surface area contributed by atoms with Crippen molar-refractivity contribution in [3.05, 3.63) is 66.9 Å². The van der Waals surface area contributed by atoms with Gasteiger partial charge in [0.2, 0.25) is 5.91 Å². The Balaban J connectivity index is 1.51. The van der Waals surface area contributed by atoms with Crippen LogP contribution in [0.1, 0.15) is 0 Å². The first-order valence-electron chi connectivity index (χ1n) is 8.66. The van der Waals surface area contributed by atoms with Gasteiger partial charge in [-0.05, 0) is 36.4 Å². The number of para-hydroxylation sites is 2. The molecule has 1 N–H and O–H groups in total. The van der Waals surface area contributed by atoms with Gasteiger partial charge in [0.1, 0.15) is 22.9 Å². The highest BCUT2D eigenvalue weighted by Gasteiger charge is 2.14. The number of anilines is 1. The Hall–Kier alpha value is -3.46. The number of carbonyl (C=O) groups excluding carboxylic acids is 1. The number of benzene rings is 2. The van der Waals surface area contributed by atoms with Gasteiger partial charge in [-0.15, -0.1) is 0 Å². The van der Waals surface area contributed by atoms with Crippen LogP contribution in [0.5, 0.6) is 5.75 Å². The highest BCUT2D eigenvalue weighted by molar-refractivity contribution is 8.00. The zero-order valence-corrected chi connectivity index (χ0v) is 16.2. The molecule has 0 saturated heterocycles. The van der Waals surface area contributed by atoms with Crippen LogP contribution in [0.4, 0.5) is 10.1 Å². The second kappa shape index (κ2) is 8.27. The predicted molar refractivity (Wildman–Crippen MR) is 109 cm³/mol. The predicted octanol–water partition coefficient (Wildman–Crippen LogP) is 3.69. The van der Waals surface area contributed by atoms with E-state index in [1.807, 2.05) is 12.1 Å². The number of halogens is 1. The van der Waals surface area contributed by atoms with Crippen LogP contribution in [0.2, 0.25) is 0 Å². The quantitative estimate of drug-likeness (QED) is 0.386. The SMILES string of the molecule is COc1ccccc1NC(=O)CSc1ncnc2c1cnn2-c1ccc(F)cc1. The van der Waals surface area contributed by atoms with Gasteiger partial charge in [-0.1, -0.05) is 23.9 Å². The number of aromatic nitrogens is 4. The number of amides is 1. The summed E-state index contributed by atoms with van der Waals surface area (Å²) in [6, 6.07) is 13.2. The van der Waals surface area contributed by atoms with Crippen molar-refractivity contribution in [1.82, 2.24) is 19.7 Å². The Morgan fingerprint density at radius 1 is 1.17 bits per heavy atom. The largest absolute Gasteiger partial charge is 0.495 e. The van der Waals surface area contributed by atoms with E-state index in [0.717, 1.165) is 0 Å². The van der Waals surface area contributed by atoms with Gasteiger partial charge in [0.15, 0.2) is 5.65 Å². The van der Waals surface area contributed by atoms with Crippen LogP contribution in [0.3, 0.4) is 0 Å². The average molecular weight is 409 g/mol. The summed E-state index contributed by atoms with van der Waals surface area (Å²) in [5.41, 5.74) is 1.88. The summed E-state index contributed by atoms with van der Waals surface area (Å²) in [7, 11) is 1.55. The van der Waals surface area contributed by atoms with Gasteiger partial charge in [-0.3, -0.25) is 4.79 Å². The minimum Gasteiger partial charge on any atom is -0.495 e. The van der Waals surface area contributed by atoms with E-state index in [2.05, 4.69) is 20.4 Å². The standard InChI is InChI=1S/C20H16FN5O2S/c1-28-17-5-3-2-4-16(17)25-18(27)11-29-20-15-10-24-26(19(15)22-12-23-20)14-8-6-13(21)7-9-14/h2-10,12H,11H2,1H3,(H,25,27). The fourth-order valence-corrected chi connectivity index (χ4v) is 3.54. The first-order valence-corrected chi connectivity index (χ1v) is 9.64. The number of ether oxygens (including phenoxy) is 1. The Labute approximate surface area is 169 Å². The minimum absolute atomic E-state index is 0.159. The molecule has 0 aliphatic rings. The zero-order valence-electron chi connectivity index (χ0n) is 15.4. The molecule has 4 rings (SSSR count). The normalized spacial score (nSPS) is 10.8. The Kier molecular flexibility index (Phi) is 5.39. The van der Waals surface area contributed by atoms with Crippen LogP contribution in [-0.4, -0.2) is 38.5 Å². The van der Waals surface area contributed by atoms with E-state index in [9.17, 15) is 9.18 Å². The monoisotopic (exact) mass is 409 g/mol. The Bertz CT molecular complexity index is 1160. The van der Waals surface area contributed by atoms with Crippen molar-refractivity contribution >= 4 is 34.4 Å². The molecule has 0 spiro atoms. The van der Waals surface area contributed by atoms with Gasteiger partial charge in [-0.2, -0.15) is 5.10 Å². The molecule has 0 radical (unpaired) electrons. The molecular weight excluding hydrogens is 393 g/mol. The molecule has 0 aliphatic carbocycles. The molecule has 0 aliphatic heterocycles. The third-order valence-corrected chi connectivity index (χ3v) is 5.13. The molecule has 29 heavy (non-hydrogen) atoms. The second-order valence-electron chi connectivity index (χ2n) is 5.99. The van der Waals surface area contributed by atoms with Gasteiger partial charge >= 0.3 is 0 Å². The third kappa shape index (κ3) is 4.04. The van der Waals surface area contributed by atoms with E-state index >= 15 is 0 Å².